The van der Waals surface area contributed by atoms with Gasteiger partial charge < -0.3 is 9.88 Å². The molecule has 0 radical (unpaired) electrons. The van der Waals surface area contributed by atoms with Crippen LogP contribution < -0.4 is 5.32 Å². The Bertz CT molecular complexity index is 1050. The Kier molecular flexibility index (Phi) is 3.82. The third-order valence-corrected chi connectivity index (χ3v) is 4.33. The minimum atomic E-state index is 0.0303. The highest BCUT2D eigenvalue weighted by Gasteiger charge is 2.09. The summed E-state index contributed by atoms with van der Waals surface area (Å²) < 4.78 is 2.10. The van der Waals surface area contributed by atoms with Crippen LogP contribution in [0.1, 0.15) is 15.9 Å². The monoisotopic (exact) mass is 326 g/mol. The van der Waals surface area contributed by atoms with Gasteiger partial charge in [-0.1, -0.05) is 42.5 Å². The van der Waals surface area contributed by atoms with Crippen molar-refractivity contribution in [1.29, 1.82) is 0 Å². The Morgan fingerprint density at radius 3 is 2.40 bits per heavy atom. The lowest BCUT2D eigenvalue weighted by Crippen LogP contribution is -2.01. The van der Waals surface area contributed by atoms with Gasteiger partial charge in [-0.3, -0.25) is 4.79 Å². The highest BCUT2D eigenvalue weighted by Crippen LogP contribution is 2.24. The molecule has 3 nitrogen and oxygen atoms in total. The number of ketones is 1. The quantitative estimate of drug-likeness (QED) is 0.526. The number of aryl methyl sites for hydroxylation is 1. The van der Waals surface area contributed by atoms with Gasteiger partial charge in [0, 0.05) is 46.6 Å². The van der Waals surface area contributed by atoms with Gasteiger partial charge in [0.25, 0.3) is 0 Å². The number of nitrogens with zero attached hydrogens (tertiary/aromatic N) is 1. The largest absolute Gasteiger partial charge is 0.355 e. The molecule has 0 aliphatic carbocycles. The molecule has 25 heavy (non-hydrogen) atoms. The fourth-order valence-electron chi connectivity index (χ4n) is 3.02. The van der Waals surface area contributed by atoms with Crippen LogP contribution in [-0.4, -0.2) is 10.4 Å². The van der Waals surface area contributed by atoms with E-state index in [1.807, 2.05) is 73.9 Å². The van der Waals surface area contributed by atoms with Crippen molar-refractivity contribution >= 4 is 28.1 Å². The van der Waals surface area contributed by atoms with E-state index in [1.165, 1.54) is 10.9 Å². The Labute approximate surface area is 146 Å². The lowest BCUT2D eigenvalue weighted by Gasteiger charge is -2.09. The normalized spacial score (nSPS) is 10.8. The molecule has 3 heteroatoms. The van der Waals surface area contributed by atoms with Crippen molar-refractivity contribution < 1.29 is 4.79 Å². The van der Waals surface area contributed by atoms with E-state index in [4.69, 9.17) is 0 Å². The molecule has 1 N–H and O–H groups in total. The second kappa shape index (κ2) is 6.29. The first-order chi connectivity index (χ1) is 12.2. The molecule has 0 bridgehead atoms. The minimum absolute atomic E-state index is 0.0303. The van der Waals surface area contributed by atoms with Crippen LogP contribution in [0.4, 0.5) is 11.4 Å². The van der Waals surface area contributed by atoms with E-state index >= 15 is 0 Å². The first-order valence-electron chi connectivity index (χ1n) is 8.23. The van der Waals surface area contributed by atoms with Crippen LogP contribution in [0.3, 0.4) is 0 Å². The Balaban J connectivity index is 1.61. The molecule has 0 atom stereocenters. The SMILES string of the molecule is Cn1ccc2cc(Nc3cccc(C(=O)c4ccccc4)c3)ccc21. The fraction of sp³-hybridized carbons (Fsp3) is 0.0455. The minimum Gasteiger partial charge on any atom is -0.355 e. The van der Waals surface area contributed by atoms with Crippen LogP contribution >= 0.6 is 0 Å². The van der Waals surface area contributed by atoms with E-state index in [-0.39, 0.29) is 5.78 Å². The van der Waals surface area contributed by atoms with Crippen LogP contribution in [0.5, 0.6) is 0 Å². The zero-order valence-electron chi connectivity index (χ0n) is 13.9. The second-order valence-corrected chi connectivity index (χ2v) is 6.10. The van der Waals surface area contributed by atoms with E-state index in [9.17, 15) is 4.79 Å². The third-order valence-electron chi connectivity index (χ3n) is 4.33. The van der Waals surface area contributed by atoms with Crippen molar-refractivity contribution in [3.8, 4) is 0 Å². The number of benzene rings is 3. The molecule has 0 fully saturated rings. The van der Waals surface area contributed by atoms with Gasteiger partial charge in [0.05, 0.1) is 0 Å². The molecule has 3 aromatic carbocycles. The maximum Gasteiger partial charge on any atom is 0.193 e. The number of carbonyl (C=O) groups is 1. The lowest BCUT2D eigenvalue weighted by molar-refractivity contribution is 0.103. The van der Waals surface area contributed by atoms with Gasteiger partial charge >= 0.3 is 0 Å². The zero-order valence-corrected chi connectivity index (χ0v) is 13.9. The fourth-order valence-corrected chi connectivity index (χ4v) is 3.02. The number of carbonyl (C=O) groups excluding carboxylic acids is 1. The molecule has 0 spiro atoms. The van der Waals surface area contributed by atoms with Crippen LogP contribution in [0.25, 0.3) is 10.9 Å². The molecule has 4 aromatic rings. The van der Waals surface area contributed by atoms with E-state index in [0.29, 0.717) is 11.1 Å². The summed E-state index contributed by atoms with van der Waals surface area (Å²) in [5.41, 5.74) is 4.47. The molecular weight excluding hydrogens is 308 g/mol. The Hall–Kier alpha value is -3.33. The summed E-state index contributed by atoms with van der Waals surface area (Å²) in [5, 5.41) is 4.57. The van der Waals surface area contributed by atoms with E-state index in [1.54, 1.807) is 0 Å². The van der Waals surface area contributed by atoms with Crippen LogP contribution in [-0.2, 0) is 7.05 Å². The summed E-state index contributed by atoms with van der Waals surface area (Å²) in [5.74, 6) is 0.0303. The predicted octanol–water partition coefficient (Wildman–Crippen LogP) is 5.15. The molecule has 0 saturated heterocycles. The number of hydrogen-bond acceptors (Lipinski definition) is 2. The number of rotatable bonds is 4. The number of fused-ring (bicyclic) bond motifs is 1. The van der Waals surface area contributed by atoms with Crippen molar-refractivity contribution in [3.05, 3.63) is 96.2 Å². The molecular formula is C22H18N2O. The van der Waals surface area contributed by atoms with Crippen LogP contribution in [0, 0.1) is 0 Å². The topological polar surface area (TPSA) is 34.0 Å². The molecule has 122 valence electrons. The van der Waals surface area contributed by atoms with E-state index < -0.39 is 0 Å². The van der Waals surface area contributed by atoms with Crippen LogP contribution in [0.2, 0.25) is 0 Å². The highest BCUT2D eigenvalue weighted by molar-refractivity contribution is 6.09. The number of aromatic nitrogens is 1. The van der Waals surface area contributed by atoms with Gasteiger partial charge in [0.1, 0.15) is 0 Å². The van der Waals surface area contributed by atoms with Crippen molar-refractivity contribution in [2.45, 2.75) is 0 Å². The lowest BCUT2D eigenvalue weighted by atomic mass is 10.0. The summed E-state index contributed by atoms with van der Waals surface area (Å²) in [4.78, 5) is 12.6. The van der Waals surface area contributed by atoms with Gasteiger partial charge in [-0.2, -0.15) is 0 Å². The molecule has 0 saturated carbocycles. The summed E-state index contributed by atoms with van der Waals surface area (Å²) in [7, 11) is 2.04. The summed E-state index contributed by atoms with van der Waals surface area (Å²) in [6.45, 7) is 0. The van der Waals surface area contributed by atoms with E-state index in [0.717, 1.165) is 11.4 Å². The first kappa shape index (κ1) is 15.2. The molecule has 0 aliphatic heterocycles. The molecule has 0 aliphatic rings. The van der Waals surface area contributed by atoms with Crippen molar-refractivity contribution in [1.82, 2.24) is 4.57 Å². The molecule has 1 heterocycles. The Morgan fingerprint density at radius 1 is 0.800 bits per heavy atom. The number of anilines is 2. The maximum atomic E-state index is 12.6. The highest BCUT2D eigenvalue weighted by atomic mass is 16.1. The average molecular weight is 326 g/mol. The van der Waals surface area contributed by atoms with Crippen molar-refractivity contribution in [3.63, 3.8) is 0 Å². The van der Waals surface area contributed by atoms with Gasteiger partial charge in [0.15, 0.2) is 5.78 Å². The smallest absolute Gasteiger partial charge is 0.193 e. The van der Waals surface area contributed by atoms with Gasteiger partial charge in [-0.15, -0.1) is 0 Å². The first-order valence-corrected chi connectivity index (χ1v) is 8.23. The van der Waals surface area contributed by atoms with Gasteiger partial charge in [0.2, 0.25) is 0 Å². The van der Waals surface area contributed by atoms with Crippen molar-refractivity contribution in [2.24, 2.45) is 7.05 Å². The summed E-state index contributed by atoms with van der Waals surface area (Å²) in [6, 6.07) is 25.3. The van der Waals surface area contributed by atoms with Gasteiger partial charge in [-0.05, 0) is 36.4 Å². The summed E-state index contributed by atoms with van der Waals surface area (Å²) in [6.07, 6.45) is 2.05. The molecule has 1 aromatic heterocycles. The second-order valence-electron chi connectivity index (χ2n) is 6.10. The molecule has 4 rings (SSSR count). The van der Waals surface area contributed by atoms with Crippen molar-refractivity contribution in [2.75, 3.05) is 5.32 Å². The Morgan fingerprint density at radius 2 is 1.56 bits per heavy atom. The summed E-state index contributed by atoms with van der Waals surface area (Å²) >= 11 is 0. The molecule has 0 amide bonds. The number of hydrogen-bond donors (Lipinski definition) is 1. The standard InChI is InChI=1S/C22H18N2O/c1-24-13-12-17-14-20(10-11-21(17)24)23-19-9-5-8-18(15-19)22(25)16-6-3-2-4-7-16/h2-15,23H,1H3. The maximum absolute atomic E-state index is 12.6. The zero-order chi connectivity index (χ0) is 17.2. The van der Waals surface area contributed by atoms with Crippen LogP contribution in [0.15, 0.2) is 85.1 Å². The third kappa shape index (κ3) is 3.04. The molecule has 0 unspecified atom stereocenters. The van der Waals surface area contributed by atoms with Gasteiger partial charge in [-0.25, -0.2) is 0 Å². The predicted molar refractivity (Wildman–Crippen MR) is 103 cm³/mol. The average Bonchev–Trinajstić information content (AvgIpc) is 3.02. The van der Waals surface area contributed by atoms with E-state index in [2.05, 4.69) is 28.1 Å². The number of nitrogens with one attached hydrogen (secondary N) is 1.